The van der Waals surface area contributed by atoms with Crippen molar-refractivity contribution in [3.63, 3.8) is 0 Å². The highest BCUT2D eigenvalue weighted by atomic mass is 32.1. The molecular weight excluding hydrogens is 242 g/mol. The van der Waals surface area contributed by atoms with E-state index in [2.05, 4.69) is 17.6 Å². The lowest BCUT2D eigenvalue weighted by molar-refractivity contribution is 0.288. The van der Waals surface area contributed by atoms with Gasteiger partial charge in [0.25, 0.3) is 0 Å². The fourth-order valence-electron chi connectivity index (χ4n) is 1.99. The van der Waals surface area contributed by atoms with Crippen molar-refractivity contribution in [1.82, 2.24) is 0 Å². The fraction of sp³-hybridized carbons (Fsp3) is 0.133. The van der Waals surface area contributed by atoms with Crippen LogP contribution in [0.3, 0.4) is 0 Å². The Hall–Kier alpha value is -1.74. The lowest BCUT2D eigenvalue weighted by Gasteiger charge is -2.17. The van der Waals surface area contributed by atoms with Crippen LogP contribution < -0.4 is 0 Å². The van der Waals surface area contributed by atoms with Crippen LogP contribution >= 0.6 is 12.6 Å². The Bertz CT molecular complexity index is 634. The first-order chi connectivity index (χ1) is 8.74. The van der Waals surface area contributed by atoms with E-state index in [0.717, 1.165) is 21.7 Å². The van der Waals surface area contributed by atoms with Crippen LogP contribution in [0.5, 0.6) is 0 Å². The summed E-state index contributed by atoms with van der Waals surface area (Å²) >= 11 is 4.49. The molecule has 0 unspecified atom stereocenters. The lowest BCUT2D eigenvalue weighted by Crippen LogP contribution is -2.11. The van der Waals surface area contributed by atoms with Crippen molar-refractivity contribution in [3.05, 3.63) is 59.2 Å². The van der Waals surface area contributed by atoms with Gasteiger partial charge in [-0.25, -0.2) is 4.99 Å². The van der Waals surface area contributed by atoms with Crippen molar-refractivity contribution in [2.75, 3.05) is 0 Å². The molecule has 0 amide bonds. The molecule has 0 radical (unpaired) electrons. The van der Waals surface area contributed by atoms with Gasteiger partial charge in [0, 0.05) is 10.5 Å². The Morgan fingerprint density at radius 3 is 2.83 bits per heavy atom. The maximum absolute atomic E-state index is 5.71. The number of rotatable bonds is 1. The zero-order valence-electron chi connectivity index (χ0n) is 10.1. The van der Waals surface area contributed by atoms with E-state index < -0.39 is 0 Å². The fourth-order valence-corrected chi connectivity index (χ4v) is 2.36. The molecule has 0 fully saturated rings. The summed E-state index contributed by atoms with van der Waals surface area (Å²) in [5, 5.41) is 0. The lowest BCUT2D eigenvalue weighted by atomic mass is 10.1. The normalized spacial score (nSPS) is 13.6. The molecule has 2 nitrogen and oxygen atoms in total. The molecule has 3 heteroatoms. The van der Waals surface area contributed by atoms with Crippen LogP contribution in [0.25, 0.3) is 0 Å². The molecule has 0 N–H and O–H groups in total. The van der Waals surface area contributed by atoms with Crippen LogP contribution in [0.4, 0.5) is 5.69 Å². The first-order valence-electron chi connectivity index (χ1n) is 5.83. The van der Waals surface area contributed by atoms with Gasteiger partial charge < -0.3 is 4.74 Å². The van der Waals surface area contributed by atoms with Crippen molar-refractivity contribution < 1.29 is 4.74 Å². The highest BCUT2D eigenvalue weighted by molar-refractivity contribution is 7.80. The van der Waals surface area contributed by atoms with Crippen LogP contribution in [0.15, 0.2) is 52.4 Å². The van der Waals surface area contributed by atoms with Gasteiger partial charge in [0.15, 0.2) is 0 Å². The maximum Gasteiger partial charge on any atom is 0.222 e. The van der Waals surface area contributed by atoms with E-state index in [0.29, 0.717) is 12.5 Å². The average molecular weight is 255 g/mol. The van der Waals surface area contributed by atoms with Crippen molar-refractivity contribution >= 4 is 24.2 Å². The van der Waals surface area contributed by atoms with Crippen molar-refractivity contribution in [3.8, 4) is 0 Å². The Kier molecular flexibility index (Phi) is 2.84. The number of aryl methyl sites for hydroxylation is 1. The largest absolute Gasteiger partial charge is 0.472 e. The van der Waals surface area contributed by atoms with Gasteiger partial charge in [0.2, 0.25) is 5.90 Å². The molecule has 1 heterocycles. The van der Waals surface area contributed by atoms with Crippen LogP contribution in [-0.2, 0) is 11.3 Å². The number of aliphatic imine (C=N–C) groups is 1. The molecule has 0 spiro atoms. The summed E-state index contributed by atoms with van der Waals surface area (Å²) in [4.78, 5) is 5.45. The average Bonchev–Trinajstić information content (AvgIpc) is 2.38. The minimum Gasteiger partial charge on any atom is -0.472 e. The highest BCUT2D eigenvalue weighted by Crippen LogP contribution is 2.27. The summed E-state index contributed by atoms with van der Waals surface area (Å²) in [6.45, 7) is 2.61. The summed E-state index contributed by atoms with van der Waals surface area (Å²) in [6, 6.07) is 14.1. The molecular formula is C15H13NOS. The minimum absolute atomic E-state index is 0.566. The molecule has 0 aliphatic carbocycles. The molecule has 0 saturated heterocycles. The topological polar surface area (TPSA) is 21.6 Å². The third-order valence-electron chi connectivity index (χ3n) is 2.96. The van der Waals surface area contributed by atoms with Crippen LogP contribution in [0.1, 0.15) is 16.7 Å². The van der Waals surface area contributed by atoms with Gasteiger partial charge in [-0.2, -0.15) is 0 Å². The number of hydrogen-bond donors (Lipinski definition) is 1. The summed E-state index contributed by atoms with van der Waals surface area (Å²) in [5.74, 6) is 0.652. The molecule has 2 aromatic carbocycles. The van der Waals surface area contributed by atoms with E-state index in [1.807, 2.05) is 49.4 Å². The van der Waals surface area contributed by atoms with Gasteiger partial charge in [0.05, 0.1) is 11.3 Å². The molecule has 1 aliphatic heterocycles. The summed E-state index contributed by atoms with van der Waals surface area (Å²) in [7, 11) is 0. The molecule has 2 aromatic rings. The second kappa shape index (κ2) is 4.50. The summed E-state index contributed by atoms with van der Waals surface area (Å²) in [5.41, 5.74) is 4.22. The quantitative estimate of drug-likeness (QED) is 0.767. The predicted molar refractivity (Wildman–Crippen MR) is 75.9 cm³/mol. The Morgan fingerprint density at radius 1 is 1.17 bits per heavy atom. The van der Waals surface area contributed by atoms with E-state index in [-0.39, 0.29) is 0 Å². The first kappa shape index (κ1) is 11.4. The van der Waals surface area contributed by atoms with Crippen LogP contribution in [0, 0.1) is 6.92 Å². The number of thiol groups is 1. The number of ether oxygens (including phenoxy) is 1. The van der Waals surface area contributed by atoms with Crippen molar-refractivity contribution in [2.45, 2.75) is 18.4 Å². The molecule has 0 saturated carbocycles. The van der Waals surface area contributed by atoms with E-state index >= 15 is 0 Å². The van der Waals surface area contributed by atoms with E-state index in [1.54, 1.807) is 0 Å². The zero-order chi connectivity index (χ0) is 12.5. The molecule has 0 atom stereocenters. The number of hydrogen-bond acceptors (Lipinski definition) is 3. The van der Waals surface area contributed by atoms with Gasteiger partial charge in [0.1, 0.15) is 6.61 Å². The third-order valence-corrected chi connectivity index (χ3v) is 3.33. The van der Waals surface area contributed by atoms with Crippen LogP contribution in [-0.4, -0.2) is 5.90 Å². The van der Waals surface area contributed by atoms with E-state index in [9.17, 15) is 0 Å². The Morgan fingerprint density at radius 2 is 2.00 bits per heavy atom. The van der Waals surface area contributed by atoms with Gasteiger partial charge in [-0.15, -0.1) is 12.6 Å². The van der Waals surface area contributed by atoms with Crippen LogP contribution in [0.2, 0.25) is 0 Å². The maximum atomic E-state index is 5.71. The number of benzene rings is 2. The summed E-state index contributed by atoms with van der Waals surface area (Å²) < 4.78 is 5.71. The second-order valence-corrected chi connectivity index (χ2v) is 4.84. The Balaban J connectivity index is 2.06. The molecule has 1 aliphatic rings. The Labute approximate surface area is 112 Å². The monoisotopic (exact) mass is 255 g/mol. The number of para-hydroxylation sites is 1. The van der Waals surface area contributed by atoms with Crippen molar-refractivity contribution in [2.24, 2.45) is 4.99 Å². The van der Waals surface area contributed by atoms with Gasteiger partial charge in [-0.3, -0.25) is 0 Å². The number of fused-ring (bicyclic) bond motifs is 1. The molecule has 90 valence electrons. The zero-order valence-corrected chi connectivity index (χ0v) is 10.9. The first-order valence-corrected chi connectivity index (χ1v) is 6.28. The van der Waals surface area contributed by atoms with Gasteiger partial charge in [-0.05, 0) is 30.7 Å². The molecule has 0 bridgehead atoms. The minimum atomic E-state index is 0.566. The number of nitrogens with zero attached hydrogens (tertiary/aromatic N) is 1. The smallest absolute Gasteiger partial charge is 0.222 e. The van der Waals surface area contributed by atoms with Crippen molar-refractivity contribution in [1.29, 1.82) is 0 Å². The summed E-state index contributed by atoms with van der Waals surface area (Å²) in [6.07, 6.45) is 0. The molecule has 18 heavy (non-hydrogen) atoms. The van der Waals surface area contributed by atoms with Gasteiger partial charge in [-0.1, -0.05) is 24.3 Å². The van der Waals surface area contributed by atoms with E-state index in [4.69, 9.17) is 4.74 Å². The SMILES string of the molecule is Cc1ccc(C2=Nc3ccccc3CO2)c(S)c1. The van der Waals surface area contributed by atoms with Gasteiger partial charge >= 0.3 is 0 Å². The third kappa shape index (κ3) is 2.02. The highest BCUT2D eigenvalue weighted by Gasteiger charge is 2.15. The predicted octanol–water partition coefficient (Wildman–Crippen LogP) is 3.89. The second-order valence-electron chi connectivity index (χ2n) is 4.35. The van der Waals surface area contributed by atoms with E-state index in [1.165, 1.54) is 5.56 Å². The molecule has 0 aromatic heterocycles. The molecule has 3 rings (SSSR count). The standard InChI is InChI=1S/C15H13NOS/c1-10-6-7-12(14(18)8-10)15-16-13-5-3-2-4-11(13)9-17-15/h2-8,18H,9H2,1H3.